The zero-order chi connectivity index (χ0) is 17.7. The van der Waals surface area contributed by atoms with Crippen LogP contribution in [0.15, 0.2) is 11.4 Å². The fourth-order valence-corrected chi connectivity index (χ4v) is 4.25. The summed E-state index contributed by atoms with van der Waals surface area (Å²) in [5, 5.41) is 4.52. The number of nitrogens with one attached hydrogen (secondary N) is 1. The number of likely N-dealkylation sites (N-methyl/N-ethyl adjacent to an activating group) is 1. The molecular weight excluding hydrogens is 344 g/mol. The van der Waals surface area contributed by atoms with Gasteiger partial charge in [-0.25, -0.2) is 9.97 Å². The Morgan fingerprint density at radius 3 is 2.62 bits per heavy atom. The summed E-state index contributed by atoms with van der Waals surface area (Å²) in [5.74, 6) is -0.00430. The number of aryl methyl sites for hydroxylation is 2. The van der Waals surface area contributed by atoms with Crippen LogP contribution < -0.4 is 5.32 Å². The summed E-state index contributed by atoms with van der Waals surface area (Å²) in [6.07, 6.45) is 1.53. The SMILES string of the molecule is CCN(CC)C(=O)CNC(=O)CSc1ncnc2sc(C)c(C)c12. The van der Waals surface area contributed by atoms with Crippen LogP contribution in [0.5, 0.6) is 0 Å². The lowest BCUT2D eigenvalue weighted by molar-refractivity contribution is -0.132. The average Bonchev–Trinajstić information content (AvgIpc) is 2.87. The van der Waals surface area contributed by atoms with Crippen molar-refractivity contribution in [1.29, 1.82) is 0 Å². The van der Waals surface area contributed by atoms with Crippen molar-refractivity contribution in [3.63, 3.8) is 0 Å². The first-order chi connectivity index (χ1) is 11.5. The van der Waals surface area contributed by atoms with Crippen molar-refractivity contribution in [1.82, 2.24) is 20.2 Å². The summed E-state index contributed by atoms with van der Waals surface area (Å²) in [4.78, 5) is 36.3. The molecule has 0 spiro atoms. The molecule has 130 valence electrons. The molecule has 0 saturated heterocycles. The van der Waals surface area contributed by atoms with E-state index in [2.05, 4.69) is 22.2 Å². The molecule has 0 radical (unpaired) electrons. The van der Waals surface area contributed by atoms with Crippen LogP contribution in [0.1, 0.15) is 24.3 Å². The van der Waals surface area contributed by atoms with Crippen molar-refractivity contribution in [3.05, 3.63) is 16.8 Å². The van der Waals surface area contributed by atoms with Gasteiger partial charge in [-0.15, -0.1) is 11.3 Å². The van der Waals surface area contributed by atoms with Crippen molar-refractivity contribution < 1.29 is 9.59 Å². The largest absolute Gasteiger partial charge is 0.346 e. The third-order valence-corrected chi connectivity index (χ3v) is 5.93. The van der Waals surface area contributed by atoms with E-state index in [9.17, 15) is 9.59 Å². The number of carbonyl (C=O) groups excluding carboxylic acids is 2. The van der Waals surface area contributed by atoms with Crippen LogP contribution in [0.25, 0.3) is 10.2 Å². The Balaban J connectivity index is 1.94. The molecule has 0 atom stereocenters. The molecule has 6 nitrogen and oxygen atoms in total. The molecular formula is C16H22N4O2S2. The van der Waals surface area contributed by atoms with Crippen molar-refractivity contribution in [2.75, 3.05) is 25.4 Å². The van der Waals surface area contributed by atoms with Crippen LogP contribution in [-0.2, 0) is 9.59 Å². The zero-order valence-corrected chi connectivity index (χ0v) is 16.0. The van der Waals surface area contributed by atoms with E-state index in [1.54, 1.807) is 16.2 Å². The molecule has 1 N–H and O–H groups in total. The molecule has 0 bridgehead atoms. The highest BCUT2D eigenvalue weighted by molar-refractivity contribution is 8.00. The van der Waals surface area contributed by atoms with Crippen LogP contribution in [0.4, 0.5) is 0 Å². The normalized spacial score (nSPS) is 10.8. The van der Waals surface area contributed by atoms with Crippen LogP contribution in [0.2, 0.25) is 0 Å². The summed E-state index contributed by atoms with van der Waals surface area (Å²) in [7, 11) is 0. The van der Waals surface area contributed by atoms with Gasteiger partial charge in [0.25, 0.3) is 0 Å². The minimum Gasteiger partial charge on any atom is -0.346 e. The molecule has 24 heavy (non-hydrogen) atoms. The molecule has 2 amide bonds. The number of rotatable bonds is 7. The van der Waals surface area contributed by atoms with Crippen molar-refractivity contribution in [2.45, 2.75) is 32.7 Å². The molecule has 8 heteroatoms. The van der Waals surface area contributed by atoms with E-state index in [1.807, 2.05) is 20.8 Å². The van der Waals surface area contributed by atoms with E-state index in [4.69, 9.17) is 0 Å². The molecule has 2 heterocycles. The maximum Gasteiger partial charge on any atom is 0.241 e. The average molecular weight is 367 g/mol. The van der Waals surface area contributed by atoms with Crippen LogP contribution in [0.3, 0.4) is 0 Å². The molecule has 2 aromatic heterocycles. The maximum absolute atomic E-state index is 12.0. The summed E-state index contributed by atoms with van der Waals surface area (Å²) in [6, 6.07) is 0. The van der Waals surface area contributed by atoms with E-state index in [0.29, 0.717) is 13.1 Å². The van der Waals surface area contributed by atoms with Gasteiger partial charge >= 0.3 is 0 Å². The Labute approximate surface area is 150 Å². The van der Waals surface area contributed by atoms with Crippen molar-refractivity contribution in [3.8, 4) is 0 Å². The second-order valence-electron chi connectivity index (χ2n) is 5.27. The second kappa shape index (κ2) is 8.43. The van der Waals surface area contributed by atoms with Gasteiger partial charge in [0.05, 0.1) is 12.3 Å². The van der Waals surface area contributed by atoms with Gasteiger partial charge in [0, 0.05) is 23.4 Å². The number of hydrogen-bond acceptors (Lipinski definition) is 6. The third-order valence-electron chi connectivity index (χ3n) is 3.82. The third kappa shape index (κ3) is 4.24. The van der Waals surface area contributed by atoms with E-state index in [0.717, 1.165) is 20.8 Å². The summed E-state index contributed by atoms with van der Waals surface area (Å²) < 4.78 is 0. The summed E-state index contributed by atoms with van der Waals surface area (Å²) in [5.41, 5.74) is 1.16. The quantitative estimate of drug-likeness (QED) is 0.601. The molecule has 0 saturated carbocycles. The van der Waals surface area contributed by atoms with E-state index >= 15 is 0 Å². The van der Waals surface area contributed by atoms with Crippen LogP contribution >= 0.6 is 23.1 Å². The van der Waals surface area contributed by atoms with Gasteiger partial charge in [-0.05, 0) is 33.3 Å². The molecule has 2 aromatic rings. The Bertz CT molecular complexity index is 741. The molecule has 0 unspecified atom stereocenters. The van der Waals surface area contributed by atoms with E-state index in [-0.39, 0.29) is 24.1 Å². The molecule has 0 aromatic carbocycles. The van der Waals surface area contributed by atoms with Gasteiger partial charge in [0.1, 0.15) is 16.2 Å². The van der Waals surface area contributed by atoms with E-state index < -0.39 is 0 Å². The number of aromatic nitrogens is 2. The minimum atomic E-state index is -0.170. The molecule has 0 aliphatic carbocycles. The molecule has 0 aliphatic rings. The first-order valence-electron chi connectivity index (χ1n) is 7.85. The Morgan fingerprint density at radius 1 is 1.25 bits per heavy atom. The minimum absolute atomic E-state index is 0.0385. The lowest BCUT2D eigenvalue weighted by atomic mass is 10.2. The topological polar surface area (TPSA) is 75.2 Å². The van der Waals surface area contributed by atoms with Gasteiger partial charge in [-0.3, -0.25) is 9.59 Å². The number of hydrogen-bond donors (Lipinski definition) is 1. The predicted molar refractivity (Wildman–Crippen MR) is 98.6 cm³/mol. The summed E-state index contributed by atoms with van der Waals surface area (Å²) in [6.45, 7) is 9.28. The predicted octanol–water partition coefficient (Wildman–Crippen LogP) is 2.38. The van der Waals surface area contributed by atoms with Crippen LogP contribution in [-0.4, -0.2) is 52.1 Å². The lowest BCUT2D eigenvalue weighted by Crippen LogP contribution is -2.40. The molecule has 0 aliphatic heterocycles. The zero-order valence-electron chi connectivity index (χ0n) is 14.4. The monoisotopic (exact) mass is 366 g/mol. The van der Waals surface area contributed by atoms with Crippen molar-refractivity contribution >= 4 is 45.1 Å². The van der Waals surface area contributed by atoms with Gasteiger partial charge in [-0.1, -0.05) is 11.8 Å². The molecule has 0 fully saturated rings. The molecule has 2 rings (SSSR count). The Hall–Kier alpha value is -1.67. The highest BCUT2D eigenvalue weighted by Gasteiger charge is 2.15. The van der Waals surface area contributed by atoms with Gasteiger partial charge in [-0.2, -0.15) is 0 Å². The fraction of sp³-hybridized carbons (Fsp3) is 0.500. The number of carbonyl (C=O) groups is 2. The number of thiophene rings is 1. The number of amides is 2. The van der Waals surface area contributed by atoms with Crippen molar-refractivity contribution in [2.24, 2.45) is 0 Å². The first-order valence-corrected chi connectivity index (χ1v) is 9.66. The highest BCUT2D eigenvalue weighted by atomic mass is 32.2. The Kier molecular flexibility index (Phi) is 6.56. The van der Waals surface area contributed by atoms with E-state index in [1.165, 1.54) is 23.0 Å². The standard InChI is InChI=1S/C16H22N4O2S2/c1-5-20(6-2)13(22)7-17-12(21)8-23-15-14-10(3)11(4)24-16(14)19-9-18-15/h9H,5-8H2,1-4H3,(H,17,21). The van der Waals surface area contributed by atoms with Gasteiger partial charge in [0.15, 0.2) is 0 Å². The van der Waals surface area contributed by atoms with Gasteiger partial charge in [0.2, 0.25) is 11.8 Å². The lowest BCUT2D eigenvalue weighted by Gasteiger charge is -2.18. The fourth-order valence-electron chi connectivity index (χ4n) is 2.31. The highest BCUT2D eigenvalue weighted by Crippen LogP contribution is 2.34. The maximum atomic E-state index is 12.0. The number of nitrogens with zero attached hydrogens (tertiary/aromatic N) is 3. The van der Waals surface area contributed by atoms with Crippen LogP contribution in [0, 0.1) is 13.8 Å². The summed E-state index contributed by atoms with van der Waals surface area (Å²) >= 11 is 3.01. The Morgan fingerprint density at radius 2 is 1.96 bits per heavy atom. The smallest absolute Gasteiger partial charge is 0.241 e. The number of thioether (sulfide) groups is 1. The second-order valence-corrected chi connectivity index (χ2v) is 7.44. The number of fused-ring (bicyclic) bond motifs is 1. The van der Waals surface area contributed by atoms with Gasteiger partial charge < -0.3 is 10.2 Å². The first kappa shape index (κ1) is 18.7.